The lowest BCUT2D eigenvalue weighted by molar-refractivity contribution is 1.30. The summed E-state index contributed by atoms with van der Waals surface area (Å²) in [6.07, 6.45) is 4.24. The van der Waals surface area contributed by atoms with Gasteiger partial charge in [-0.05, 0) is 91.3 Å². The number of nitrogens with two attached hydrogens (primary N) is 1. The van der Waals surface area contributed by atoms with Crippen LogP contribution in [-0.4, -0.2) is 0 Å². The Labute approximate surface area is 146 Å². The molecule has 0 saturated carbocycles. The maximum Gasteiger partial charge on any atom is 0.0322 e. The Morgan fingerprint density at radius 3 is 2.25 bits per heavy atom. The zero-order chi connectivity index (χ0) is 18.0. The van der Waals surface area contributed by atoms with Gasteiger partial charge in [-0.1, -0.05) is 43.0 Å². The fourth-order valence-electron chi connectivity index (χ4n) is 3.29. The third kappa shape index (κ3) is 3.35. The van der Waals surface area contributed by atoms with Crippen LogP contribution in [0.4, 0.5) is 5.69 Å². The van der Waals surface area contributed by atoms with E-state index in [2.05, 4.69) is 65.1 Å². The lowest BCUT2D eigenvalue weighted by atomic mass is 9.84. The van der Waals surface area contributed by atoms with Crippen LogP contribution >= 0.6 is 0 Å². The van der Waals surface area contributed by atoms with Crippen LogP contribution in [-0.2, 0) is 0 Å². The smallest absolute Gasteiger partial charge is 0.0322 e. The van der Waals surface area contributed by atoms with Crippen molar-refractivity contribution in [2.24, 2.45) is 0 Å². The Kier molecular flexibility index (Phi) is 5.14. The summed E-state index contributed by atoms with van der Waals surface area (Å²) < 4.78 is 0. The molecule has 0 fully saturated rings. The fraction of sp³-hybridized carbons (Fsp3) is 0.217. The molecular formula is C23H27N. The molecule has 2 aromatic carbocycles. The Bertz CT molecular complexity index is 831. The monoisotopic (exact) mass is 317 g/mol. The SMILES string of the molecule is C=C(C)c1cc(C)c(C(=C)c2cc(C)cc(N)c2)c(/C=C\C)c1C. The molecule has 0 aliphatic rings. The molecular weight excluding hydrogens is 290 g/mol. The van der Waals surface area contributed by atoms with E-state index in [0.717, 1.165) is 28.0 Å². The van der Waals surface area contributed by atoms with E-state index in [0.29, 0.717) is 0 Å². The van der Waals surface area contributed by atoms with E-state index in [9.17, 15) is 0 Å². The van der Waals surface area contributed by atoms with Crippen molar-refractivity contribution in [3.05, 3.63) is 82.4 Å². The van der Waals surface area contributed by atoms with Crippen LogP contribution in [0.25, 0.3) is 17.2 Å². The summed E-state index contributed by atoms with van der Waals surface area (Å²) in [6.45, 7) is 18.9. The van der Waals surface area contributed by atoms with Gasteiger partial charge in [0, 0.05) is 5.69 Å². The van der Waals surface area contributed by atoms with Gasteiger partial charge in [0.15, 0.2) is 0 Å². The van der Waals surface area contributed by atoms with Gasteiger partial charge in [0.1, 0.15) is 0 Å². The van der Waals surface area contributed by atoms with Gasteiger partial charge in [0.2, 0.25) is 0 Å². The van der Waals surface area contributed by atoms with Crippen molar-refractivity contribution in [1.29, 1.82) is 0 Å². The third-order valence-electron chi connectivity index (χ3n) is 4.38. The molecule has 1 heteroatoms. The Hall–Kier alpha value is -2.54. The van der Waals surface area contributed by atoms with Crippen LogP contribution < -0.4 is 5.73 Å². The van der Waals surface area contributed by atoms with Crippen molar-refractivity contribution in [2.45, 2.75) is 34.6 Å². The standard InChI is InChI=1S/C23H27N/c1-8-9-21-18(7)22(14(2)3)12-16(5)23(21)17(6)19-10-15(4)11-20(24)13-19/h8-13H,2,6,24H2,1,3-5,7H3/b9-8-. The number of aryl methyl sites for hydroxylation is 2. The summed E-state index contributed by atoms with van der Waals surface area (Å²) >= 11 is 0. The molecule has 24 heavy (non-hydrogen) atoms. The highest BCUT2D eigenvalue weighted by Gasteiger charge is 2.16. The zero-order valence-corrected chi connectivity index (χ0v) is 15.5. The largest absolute Gasteiger partial charge is 0.399 e. The summed E-state index contributed by atoms with van der Waals surface area (Å²) in [7, 11) is 0. The first-order valence-corrected chi connectivity index (χ1v) is 8.25. The van der Waals surface area contributed by atoms with Gasteiger partial charge in [-0.2, -0.15) is 0 Å². The van der Waals surface area contributed by atoms with Crippen LogP contribution in [0.15, 0.2) is 43.5 Å². The van der Waals surface area contributed by atoms with E-state index in [4.69, 9.17) is 5.73 Å². The second-order valence-electron chi connectivity index (χ2n) is 6.55. The van der Waals surface area contributed by atoms with Crippen LogP contribution in [0.5, 0.6) is 0 Å². The number of anilines is 1. The molecule has 0 aliphatic carbocycles. The number of benzene rings is 2. The number of allylic oxidation sites excluding steroid dienone is 2. The van der Waals surface area contributed by atoms with Crippen molar-refractivity contribution in [1.82, 2.24) is 0 Å². The van der Waals surface area contributed by atoms with Gasteiger partial charge in [-0.3, -0.25) is 0 Å². The molecule has 0 aliphatic heterocycles. The van der Waals surface area contributed by atoms with Gasteiger partial charge >= 0.3 is 0 Å². The number of hydrogen-bond acceptors (Lipinski definition) is 1. The van der Waals surface area contributed by atoms with Crippen molar-refractivity contribution < 1.29 is 0 Å². The molecule has 0 unspecified atom stereocenters. The average molecular weight is 317 g/mol. The van der Waals surface area contributed by atoms with E-state index in [-0.39, 0.29) is 0 Å². The minimum absolute atomic E-state index is 0.770. The molecule has 0 saturated heterocycles. The van der Waals surface area contributed by atoms with Crippen molar-refractivity contribution in [3.63, 3.8) is 0 Å². The minimum atomic E-state index is 0.770. The number of nitrogen functional groups attached to an aromatic ring is 1. The second kappa shape index (κ2) is 6.92. The lowest BCUT2D eigenvalue weighted by Crippen LogP contribution is -2.01. The van der Waals surface area contributed by atoms with E-state index in [1.807, 2.05) is 19.1 Å². The van der Waals surface area contributed by atoms with Crippen molar-refractivity contribution >= 4 is 22.9 Å². The van der Waals surface area contributed by atoms with Gasteiger partial charge < -0.3 is 5.73 Å². The molecule has 0 spiro atoms. The number of rotatable bonds is 4. The van der Waals surface area contributed by atoms with Crippen LogP contribution in [0, 0.1) is 20.8 Å². The molecule has 2 N–H and O–H groups in total. The summed E-state index contributed by atoms with van der Waals surface area (Å²) in [5, 5.41) is 0. The van der Waals surface area contributed by atoms with E-state index < -0.39 is 0 Å². The zero-order valence-electron chi connectivity index (χ0n) is 15.5. The average Bonchev–Trinajstić information content (AvgIpc) is 2.49. The maximum atomic E-state index is 6.04. The Morgan fingerprint density at radius 2 is 1.71 bits per heavy atom. The molecule has 0 radical (unpaired) electrons. The molecule has 0 atom stereocenters. The summed E-state index contributed by atoms with van der Waals surface area (Å²) in [4.78, 5) is 0. The molecule has 2 rings (SSSR count). The fourth-order valence-corrected chi connectivity index (χ4v) is 3.29. The highest BCUT2D eigenvalue weighted by Crippen LogP contribution is 2.35. The molecule has 0 heterocycles. The summed E-state index contributed by atoms with van der Waals surface area (Å²) in [6, 6.07) is 8.33. The molecule has 124 valence electrons. The summed E-state index contributed by atoms with van der Waals surface area (Å²) in [5.74, 6) is 0. The predicted octanol–water partition coefficient (Wildman–Crippen LogP) is 6.32. The van der Waals surface area contributed by atoms with Crippen LogP contribution in [0.1, 0.15) is 52.8 Å². The third-order valence-corrected chi connectivity index (χ3v) is 4.38. The minimum Gasteiger partial charge on any atom is -0.399 e. The quantitative estimate of drug-likeness (QED) is 0.656. The van der Waals surface area contributed by atoms with Crippen LogP contribution in [0.3, 0.4) is 0 Å². The molecule has 2 aromatic rings. The normalized spacial score (nSPS) is 11.0. The van der Waals surface area contributed by atoms with E-state index in [1.54, 1.807) is 0 Å². The Balaban J connectivity index is 2.75. The van der Waals surface area contributed by atoms with Crippen LogP contribution in [0.2, 0.25) is 0 Å². The first kappa shape index (κ1) is 17.8. The molecule has 0 aromatic heterocycles. The predicted molar refractivity (Wildman–Crippen MR) is 109 cm³/mol. The lowest BCUT2D eigenvalue weighted by Gasteiger charge is -2.20. The Morgan fingerprint density at radius 1 is 1.04 bits per heavy atom. The number of hydrogen-bond donors (Lipinski definition) is 1. The van der Waals surface area contributed by atoms with E-state index >= 15 is 0 Å². The topological polar surface area (TPSA) is 26.0 Å². The second-order valence-corrected chi connectivity index (χ2v) is 6.55. The molecule has 1 nitrogen and oxygen atoms in total. The van der Waals surface area contributed by atoms with Gasteiger partial charge in [-0.25, -0.2) is 0 Å². The first-order valence-electron chi connectivity index (χ1n) is 8.25. The van der Waals surface area contributed by atoms with Crippen molar-refractivity contribution in [3.8, 4) is 0 Å². The summed E-state index contributed by atoms with van der Waals surface area (Å²) in [5.41, 5.74) is 17.2. The maximum absolute atomic E-state index is 6.04. The highest BCUT2D eigenvalue weighted by atomic mass is 14.5. The molecule has 0 bridgehead atoms. The van der Waals surface area contributed by atoms with Gasteiger partial charge in [-0.15, -0.1) is 0 Å². The van der Waals surface area contributed by atoms with Gasteiger partial charge in [0.05, 0.1) is 0 Å². The molecule has 0 amide bonds. The first-order chi connectivity index (χ1) is 11.3. The van der Waals surface area contributed by atoms with Crippen molar-refractivity contribution in [2.75, 3.05) is 5.73 Å². The van der Waals surface area contributed by atoms with E-state index in [1.165, 1.54) is 27.8 Å². The highest BCUT2D eigenvalue weighted by molar-refractivity contribution is 5.88. The van der Waals surface area contributed by atoms with Gasteiger partial charge in [0.25, 0.3) is 0 Å².